The molecule has 0 radical (unpaired) electrons. The molecular formula is C18H18FN5O2. The summed E-state index contributed by atoms with van der Waals surface area (Å²) in [6, 6.07) is 6.31. The SMILES string of the molecule is Cc1cc([C@@H]2CN(C(=O)c3ccc(F)c(C)c3)CCO2)n2ncnc2n1. The summed E-state index contributed by atoms with van der Waals surface area (Å²) in [6.07, 6.45) is 1.11. The molecule has 0 aliphatic carbocycles. The molecule has 0 saturated carbocycles. The molecule has 3 aromatic rings. The van der Waals surface area contributed by atoms with Gasteiger partial charge in [-0.05, 0) is 43.7 Å². The Morgan fingerprint density at radius 1 is 1.31 bits per heavy atom. The Kier molecular flexibility index (Phi) is 4.12. The van der Waals surface area contributed by atoms with Crippen LogP contribution in [-0.4, -0.2) is 50.1 Å². The Morgan fingerprint density at radius 3 is 2.96 bits per heavy atom. The number of hydrogen-bond donors (Lipinski definition) is 0. The van der Waals surface area contributed by atoms with Crippen molar-refractivity contribution >= 4 is 11.7 Å². The fraction of sp³-hybridized carbons (Fsp3) is 0.333. The lowest BCUT2D eigenvalue weighted by Gasteiger charge is -2.33. The Hall–Kier alpha value is -2.87. The molecule has 3 heterocycles. The molecule has 0 unspecified atom stereocenters. The first-order valence-corrected chi connectivity index (χ1v) is 8.37. The topological polar surface area (TPSA) is 72.6 Å². The van der Waals surface area contributed by atoms with Crippen LogP contribution in [0.3, 0.4) is 0 Å². The number of carbonyl (C=O) groups is 1. The number of nitrogens with zero attached hydrogens (tertiary/aromatic N) is 5. The molecule has 1 saturated heterocycles. The summed E-state index contributed by atoms with van der Waals surface area (Å²) in [7, 11) is 0. The summed E-state index contributed by atoms with van der Waals surface area (Å²) >= 11 is 0. The lowest BCUT2D eigenvalue weighted by atomic mass is 10.1. The molecule has 26 heavy (non-hydrogen) atoms. The van der Waals surface area contributed by atoms with Gasteiger partial charge in [0.15, 0.2) is 0 Å². The van der Waals surface area contributed by atoms with Crippen molar-refractivity contribution in [2.75, 3.05) is 19.7 Å². The van der Waals surface area contributed by atoms with Crippen molar-refractivity contribution in [3.8, 4) is 0 Å². The van der Waals surface area contributed by atoms with Crippen LogP contribution in [0.1, 0.15) is 33.4 Å². The van der Waals surface area contributed by atoms with E-state index in [0.717, 1.165) is 11.4 Å². The second-order valence-electron chi connectivity index (χ2n) is 6.37. The van der Waals surface area contributed by atoms with Crippen molar-refractivity contribution in [2.45, 2.75) is 20.0 Å². The minimum Gasteiger partial charge on any atom is -0.368 e. The van der Waals surface area contributed by atoms with Gasteiger partial charge in [-0.1, -0.05) is 0 Å². The van der Waals surface area contributed by atoms with Crippen molar-refractivity contribution in [1.29, 1.82) is 0 Å². The number of aromatic nitrogens is 4. The zero-order valence-corrected chi connectivity index (χ0v) is 14.5. The molecule has 2 aromatic heterocycles. The van der Waals surface area contributed by atoms with Crippen LogP contribution in [-0.2, 0) is 4.74 Å². The van der Waals surface area contributed by atoms with Crippen LogP contribution in [0.25, 0.3) is 5.78 Å². The quantitative estimate of drug-likeness (QED) is 0.704. The molecule has 8 heteroatoms. The minimum absolute atomic E-state index is 0.137. The van der Waals surface area contributed by atoms with Crippen molar-refractivity contribution in [2.24, 2.45) is 0 Å². The fourth-order valence-corrected chi connectivity index (χ4v) is 3.16. The summed E-state index contributed by atoms with van der Waals surface area (Å²) < 4.78 is 21.0. The average Bonchev–Trinajstić information content (AvgIpc) is 3.11. The lowest BCUT2D eigenvalue weighted by Crippen LogP contribution is -2.42. The number of benzene rings is 1. The van der Waals surface area contributed by atoms with Gasteiger partial charge in [-0.2, -0.15) is 14.6 Å². The minimum atomic E-state index is -0.333. The molecule has 1 atom stereocenters. The van der Waals surface area contributed by atoms with Gasteiger partial charge in [-0.25, -0.2) is 9.37 Å². The number of ether oxygens (including phenoxy) is 1. The highest BCUT2D eigenvalue weighted by molar-refractivity contribution is 5.94. The maximum atomic E-state index is 13.5. The highest BCUT2D eigenvalue weighted by Gasteiger charge is 2.28. The van der Waals surface area contributed by atoms with E-state index in [-0.39, 0.29) is 17.8 Å². The van der Waals surface area contributed by atoms with Crippen LogP contribution in [0.15, 0.2) is 30.6 Å². The predicted octanol–water partition coefficient (Wildman–Crippen LogP) is 2.09. The maximum Gasteiger partial charge on any atom is 0.254 e. The molecule has 1 fully saturated rings. The number of hydrogen-bond acceptors (Lipinski definition) is 5. The third-order valence-electron chi connectivity index (χ3n) is 4.50. The summed E-state index contributed by atoms with van der Waals surface area (Å²) in [5.41, 5.74) is 2.54. The smallest absolute Gasteiger partial charge is 0.254 e. The van der Waals surface area contributed by atoms with Gasteiger partial charge in [0.25, 0.3) is 11.7 Å². The third kappa shape index (κ3) is 2.92. The molecule has 1 aliphatic heterocycles. The van der Waals surface area contributed by atoms with Gasteiger partial charge in [-0.3, -0.25) is 4.79 Å². The Morgan fingerprint density at radius 2 is 2.15 bits per heavy atom. The van der Waals surface area contributed by atoms with E-state index in [1.165, 1.54) is 18.5 Å². The summed E-state index contributed by atoms with van der Waals surface area (Å²) in [5.74, 6) is 0.0467. The first kappa shape index (κ1) is 16.6. The zero-order valence-electron chi connectivity index (χ0n) is 14.5. The number of aryl methyl sites for hydroxylation is 2. The Balaban J connectivity index is 1.62. The highest BCUT2D eigenvalue weighted by atomic mass is 19.1. The first-order chi connectivity index (χ1) is 12.5. The standard InChI is InChI=1S/C18H18FN5O2/c1-11-7-13(3-4-14(11)19)17(25)23-5-6-26-16(9-23)15-8-12(2)22-18-20-10-21-24(15)18/h3-4,7-8,10,16H,5-6,9H2,1-2H3/t16-/m0/s1. The van der Waals surface area contributed by atoms with Crippen molar-refractivity contribution < 1.29 is 13.9 Å². The fourth-order valence-electron chi connectivity index (χ4n) is 3.16. The van der Waals surface area contributed by atoms with E-state index in [4.69, 9.17) is 4.74 Å². The number of halogens is 1. The maximum absolute atomic E-state index is 13.5. The third-order valence-corrected chi connectivity index (χ3v) is 4.50. The molecule has 1 aromatic carbocycles. The number of fused-ring (bicyclic) bond motifs is 1. The van der Waals surface area contributed by atoms with Crippen LogP contribution in [0.4, 0.5) is 4.39 Å². The summed E-state index contributed by atoms with van der Waals surface area (Å²) in [4.78, 5) is 23.0. The van der Waals surface area contributed by atoms with Gasteiger partial charge >= 0.3 is 0 Å². The Bertz CT molecular complexity index is 987. The monoisotopic (exact) mass is 355 g/mol. The van der Waals surface area contributed by atoms with Gasteiger partial charge in [-0.15, -0.1) is 0 Å². The van der Waals surface area contributed by atoms with Gasteiger partial charge in [0.1, 0.15) is 18.2 Å². The predicted molar refractivity (Wildman–Crippen MR) is 91.3 cm³/mol. The van der Waals surface area contributed by atoms with Crippen molar-refractivity contribution in [3.63, 3.8) is 0 Å². The molecule has 0 bridgehead atoms. The van der Waals surface area contributed by atoms with E-state index in [1.807, 2.05) is 13.0 Å². The molecule has 4 rings (SSSR count). The molecule has 1 amide bonds. The van der Waals surface area contributed by atoms with E-state index < -0.39 is 0 Å². The first-order valence-electron chi connectivity index (χ1n) is 8.37. The summed E-state index contributed by atoms with van der Waals surface area (Å²) in [5, 5.41) is 4.20. The van der Waals surface area contributed by atoms with Crippen LogP contribution in [0.5, 0.6) is 0 Å². The molecule has 7 nitrogen and oxygen atoms in total. The van der Waals surface area contributed by atoms with Gasteiger partial charge < -0.3 is 9.64 Å². The molecule has 1 aliphatic rings. The normalized spacial score (nSPS) is 17.7. The largest absolute Gasteiger partial charge is 0.368 e. The zero-order chi connectivity index (χ0) is 18.3. The average molecular weight is 355 g/mol. The van der Waals surface area contributed by atoms with E-state index >= 15 is 0 Å². The van der Waals surface area contributed by atoms with Gasteiger partial charge in [0, 0.05) is 17.8 Å². The van der Waals surface area contributed by atoms with Gasteiger partial charge in [0.05, 0.1) is 18.8 Å². The van der Waals surface area contributed by atoms with E-state index in [2.05, 4.69) is 15.1 Å². The summed E-state index contributed by atoms with van der Waals surface area (Å²) in [6.45, 7) is 4.80. The van der Waals surface area contributed by atoms with E-state index in [1.54, 1.807) is 22.4 Å². The van der Waals surface area contributed by atoms with Crippen LogP contribution < -0.4 is 0 Å². The molecule has 134 valence electrons. The van der Waals surface area contributed by atoms with Crippen molar-refractivity contribution in [3.05, 3.63) is 58.9 Å². The number of carbonyl (C=O) groups excluding carboxylic acids is 1. The van der Waals surface area contributed by atoms with Gasteiger partial charge in [0.2, 0.25) is 0 Å². The number of amides is 1. The van der Waals surface area contributed by atoms with Crippen LogP contribution >= 0.6 is 0 Å². The van der Waals surface area contributed by atoms with Crippen LogP contribution in [0.2, 0.25) is 0 Å². The van der Waals surface area contributed by atoms with Crippen molar-refractivity contribution in [1.82, 2.24) is 24.5 Å². The second-order valence-corrected chi connectivity index (χ2v) is 6.37. The van der Waals surface area contributed by atoms with E-state index in [9.17, 15) is 9.18 Å². The molecular weight excluding hydrogens is 337 g/mol. The number of morpholine rings is 1. The lowest BCUT2D eigenvalue weighted by molar-refractivity contribution is -0.0257. The van der Waals surface area contributed by atoms with Crippen LogP contribution in [0, 0.1) is 19.7 Å². The van der Waals surface area contributed by atoms with E-state index in [0.29, 0.717) is 36.6 Å². The molecule has 0 N–H and O–H groups in total. The molecule has 0 spiro atoms. The second kappa shape index (κ2) is 6.45. The number of rotatable bonds is 2. The Labute approximate surface area is 149 Å². The highest BCUT2D eigenvalue weighted by Crippen LogP contribution is 2.24.